The summed E-state index contributed by atoms with van der Waals surface area (Å²) in [6, 6.07) is 7.86. The summed E-state index contributed by atoms with van der Waals surface area (Å²) in [5, 5.41) is 6.28. The van der Waals surface area contributed by atoms with Crippen molar-refractivity contribution >= 4 is 17.3 Å². The van der Waals surface area contributed by atoms with E-state index in [4.69, 9.17) is 0 Å². The van der Waals surface area contributed by atoms with Crippen LogP contribution in [0, 0.1) is 0 Å². The Kier molecular flexibility index (Phi) is 2.86. The summed E-state index contributed by atoms with van der Waals surface area (Å²) in [6.45, 7) is 3.76. The Balaban J connectivity index is 1.99. The number of anilines is 2. The Morgan fingerprint density at radius 1 is 1.19 bits per heavy atom. The molecule has 0 saturated heterocycles. The maximum atomic E-state index is 10.9. The molecule has 1 aliphatic rings. The number of hydrogen-bond acceptors (Lipinski definition) is 2. The second kappa shape index (κ2) is 4.16. The first-order valence-corrected chi connectivity index (χ1v) is 5.73. The topological polar surface area (TPSA) is 41.1 Å². The van der Waals surface area contributed by atoms with Gasteiger partial charge in [-0.15, -0.1) is 0 Å². The summed E-state index contributed by atoms with van der Waals surface area (Å²) in [5.41, 5.74) is 2.24. The Morgan fingerprint density at radius 3 is 2.19 bits per heavy atom. The lowest BCUT2D eigenvalue weighted by Crippen LogP contribution is -2.41. The first-order valence-electron chi connectivity index (χ1n) is 5.73. The standard InChI is InChI=1S/C13H18N2O/c1-10(16)14-11-4-6-12(7-5-11)15-13(2)8-3-9-13/h4-7,15H,3,8-9H2,1-2H3,(H,14,16). The van der Waals surface area contributed by atoms with Crippen LogP contribution in [0.15, 0.2) is 24.3 Å². The van der Waals surface area contributed by atoms with E-state index in [1.54, 1.807) is 0 Å². The minimum atomic E-state index is -0.0355. The summed E-state index contributed by atoms with van der Waals surface area (Å²) in [7, 11) is 0. The molecule has 0 spiro atoms. The van der Waals surface area contributed by atoms with Gasteiger partial charge in [-0.05, 0) is 50.5 Å². The Morgan fingerprint density at radius 2 is 1.75 bits per heavy atom. The Hall–Kier alpha value is -1.51. The third-order valence-corrected chi connectivity index (χ3v) is 3.11. The van der Waals surface area contributed by atoms with E-state index in [9.17, 15) is 4.79 Å². The first kappa shape index (κ1) is 11.0. The number of amides is 1. The number of carbonyl (C=O) groups is 1. The van der Waals surface area contributed by atoms with Gasteiger partial charge in [-0.2, -0.15) is 0 Å². The highest BCUT2D eigenvalue weighted by Gasteiger charge is 2.31. The Bertz CT molecular complexity index is 379. The zero-order valence-electron chi connectivity index (χ0n) is 9.84. The summed E-state index contributed by atoms with van der Waals surface area (Å²) < 4.78 is 0. The molecule has 1 fully saturated rings. The van der Waals surface area contributed by atoms with Crippen LogP contribution < -0.4 is 10.6 Å². The van der Waals surface area contributed by atoms with Gasteiger partial charge in [-0.3, -0.25) is 4.79 Å². The van der Waals surface area contributed by atoms with E-state index in [1.165, 1.54) is 26.2 Å². The summed E-state index contributed by atoms with van der Waals surface area (Å²) in [4.78, 5) is 10.9. The van der Waals surface area contributed by atoms with E-state index in [1.807, 2.05) is 24.3 Å². The van der Waals surface area contributed by atoms with E-state index in [-0.39, 0.29) is 11.4 Å². The zero-order chi connectivity index (χ0) is 11.6. The first-order chi connectivity index (χ1) is 7.57. The quantitative estimate of drug-likeness (QED) is 0.818. The zero-order valence-corrected chi connectivity index (χ0v) is 9.84. The molecule has 1 aromatic carbocycles. The average Bonchev–Trinajstić information content (AvgIpc) is 2.18. The van der Waals surface area contributed by atoms with E-state index in [0.717, 1.165) is 11.4 Å². The highest BCUT2D eigenvalue weighted by Crippen LogP contribution is 2.34. The molecule has 3 nitrogen and oxygen atoms in total. The molecule has 1 amide bonds. The summed E-state index contributed by atoms with van der Waals surface area (Å²) in [6.07, 6.45) is 3.79. The van der Waals surface area contributed by atoms with Crippen molar-refractivity contribution in [3.8, 4) is 0 Å². The van der Waals surface area contributed by atoms with Crippen LogP contribution in [-0.4, -0.2) is 11.4 Å². The van der Waals surface area contributed by atoms with Gasteiger partial charge in [-0.25, -0.2) is 0 Å². The number of nitrogens with one attached hydrogen (secondary N) is 2. The molecule has 3 heteroatoms. The van der Waals surface area contributed by atoms with Gasteiger partial charge >= 0.3 is 0 Å². The van der Waals surface area contributed by atoms with E-state index in [0.29, 0.717) is 0 Å². The third kappa shape index (κ3) is 2.54. The lowest BCUT2D eigenvalue weighted by molar-refractivity contribution is -0.114. The highest BCUT2D eigenvalue weighted by atomic mass is 16.1. The van der Waals surface area contributed by atoms with Crippen molar-refractivity contribution in [1.29, 1.82) is 0 Å². The molecular formula is C13H18N2O. The molecular weight excluding hydrogens is 200 g/mol. The van der Waals surface area contributed by atoms with Crippen LogP contribution in [0.3, 0.4) is 0 Å². The highest BCUT2D eigenvalue weighted by molar-refractivity contribution is 5.88. The normalized spacial score (nSPS) is 17.4. The average molecular weight is 218 g/mol. The van der Waals surface area contributed by atoms with Crippen molar-refractivity contribution in [2.24, 2.45) is 0 Å². The molecule has 0 aliphatic heterocycles. The van der Waals surface area contributed by atoms with E-state index in [2.05, 4.69) is 17.6 Å². The molecule has 0 radical (unpaired) electrons. The molecule has 1 aliphatic carbocycles. The van der Waals surface area contributed by atoms with Crippen LogP contribution in [0.25, 0.3) is 0 Å². The molecule has 16 heavy (non-hydrogen) atoms. The number of carbonyl (C=O) groups excluding carboxylic acids is 1. The van der Waals surface area contributed by atoms with Crippen LogP contribution in [-0.2, 0) is 4.79 Å². The lowest BCUT2D eigenvalue weighted by atomic mass is 9.78. The van der Waals surface area contributed by atoms with Gasteiger partial charge in [0.1, 0.15) is 0 Å². The fourth-order valence-electron chi connectivity index (χ4n) is 2.02. The molecule has 0 bridgehead atoms. The Labute approximate surface area is 96.2 Å². The van der Waals surface area contributed by atoms with Crippen molar-refractivity contribution in [2.75, 3.05) is 10.6 Å². The minimum absolute atomic E-state index is 0.0355. The van der Waals surface area contributed by atoms with E-state index < -0.39 is 0 Å². The monoisotopic (exact) mass is 218 g/mol. The van der Waals surface area contributed by atoms with Gasteiger partial charge in [0.2, 0.25) is 5.91 Å². The maximum absolute atomic E-state index is 10.9. The van der Waals surface area contributed by atoms with Crippen LogP contribution in [0.1, 0.15) is 33.1 Å². The molecule has 86 valence electrons. The largest absolute Gasteiger partial charge is 0.380 e. The molecule has 2 rings (SSSR count). The second-order valence-electron chi connectivity index (χ2n) is 4.80. The molecule has 1 saturated carbocycles. The van der Waals surface area contributed by atoms with Crippen LogP contribution in [0.4, 0.5) is 11.4 Å². The summed E-state index contributed by atoms with van der Waals surface area (Å²) >= 11 is 0. The van der Waals surface area contributed by atoms with E-state index >= 15 is 0 Å². The molecule has 2 N–H and O–H groups in total. The third-order valence-electron chi connectivity index (χ3n) is 3.11. The van der Waals surface area contributed by atoms with Crippen molar-refractivity contribution in [3.63, 3.8) is 0 Å². The van der Waals surface area contributed by atoms with Gasteiger partial charge in [0.25, 0.3) is 0 Å². The van der Waals surface area contributed by atoms with Gasteiger partial charge in [0, 0.05) is 23.8 Å². The molecule has 0 atom stereocenters. The summed E-state index contributed by atoms with van der Waals surface area (Å²) in [5.74, 6) is -0.0355. The second-order valence-corrected chi connectivity index (χ2v) is 4.80. The predicted octanol–water partition coefficient (Wildman–Crippen LogP) is 3.00. The number of hydrogen-bond donors (Lipinski definition) is 2. The molecule has 0 heterocycles. The minimum Gasteiger partial charge on any atom is -0.380 e. The number of rotatable bonds is 3. The predicted molar refractivity (Wildman–Crippen MR) is 66.6 cm³/mol. The van der Waals surface area contributed by atoms with Crippen molar-refractivity contribution in [2.45, 2.75) is 38.6 Å². The van der Waals surface area contributed by atoms with Crippen LogP contribution >= 0.6 is 0 Å². The van der Waals surface area contributed by atoms with Gasteiger partial charge in [-0.1, -0.05) is 0 Å². The van der Waals surface area contributed by atoms with Gasteiger partial charge < -0.3 is 10.6 Å². The van der Waals surface area contributed by atoms with Crippen LogP contribution in [0.2, 0.25) is 0 Å². The van der Waals surface area contributed by atoms with Crippen molar-refractivity contribution < 1.29 is 4.79 Å². The molecule has 1 aromatic rings. The maximum Gasteiger partial charge on any atom is 0.221 e. The van der Waals surface area contributed by atoms with Crippen LogP contribution in [0.5, 0.6) is 0 Å². The van der Waals surface area contributed by atoms with Gasteiger partial charge in [0.15, 0.2) is 0 Å². The van der Waals surface area contributed by atoms with Gasteiger partial charge in [0.05, 0.1) is 0 Å². The fraction of sp³-hybridized carbons (Fsp3) is 0.462. The fourth-order valence-corrected chi connectivity index (χ4v) is 2.02. The lowest BCUT2D eigenvalue weighted by Gasteiger charge is -2.40. The van der Waals surface area contributed by atoms with Crippen molar-refractivity contribution in [1.82, 2.24) is 0 Å². The molecule has 0 aromatic heterocycles. The number of benzene rings is 1. The smallest absolute Gasteiger partial charge is 0.221 e. The van der Waals surface area contributed by atoms with Crippen molar-refractivity contribution in [3.05, 3.63) is 24.3 Å². The SMILES string of the molecule is CC(=O)Nc1ccc(NC2(C)CCC2)cc1. The molecule has 0 unspecified atom stereocenters.